The zero-order chi connectivity index (χ0) is 20.3. The number of hydrogen-bond donors (Lipinski definition) is 0. The number of para-hydroxylation sites is 1. The molecule has 8 nitrogen and oxygen atoms in total. The quantitative estimate of drug-likeness (QED) is 0.419. The molecule has 5 rings (SSSR count). The molecule has 0 saturated carbocycles. The van der Waals surface area contributed by atoms with Crippen LogP contribution in [0.2, 0.25) is 0 Å². The fourth-order valence-corrected chi connectivity index (χ4v) is 4.72. The van der Waals surface area contributed by atoms with E-state index in [0.717, 1.165) is 40.3 Å². The lowest BCUT2D eigenvalue weighted by Crippen LogP contribution is -2.38. The maximum absolute atomic E-state index is 5.51. The molecule has 1 aromatic carbocycles. The van der Waals surface area contributed by atoms with Crippen molar-refractivity contribution in [3.8, 4) is 16.5 Å². The van der Waals surface area contributed by atoms with Crippen molar-refractivity contribution in [3.05, 3.63) is 53.2 Å². The van der Waals surface area contributed by atoms with Gasteiger partial charge in [-0.2, -0.15) is 4.98 Å². The lowest BCUT2D eigenvalue weighted by atomic mass is 10.2. The Balaban J connectivity index is 1.43. The average molecular weight is 441 g/mol. The SMILES string of the molecule is Cc1ccccc1-n1c(SCc2noc(-c3cccs3)n2)nnc1N1CCOCC1. The van der Waals surface area contributed by atoms with Crippen LogP contribution in [0.3, 0.4) is 0 Å². The van der Waals surface area contributed by atoms with Crippen molar-refractivity contribution in [3.63, 3.8) is 0 Å². The predicted molar refractivity (Wildman–Crippen MR) is 116 cm³/mol. The van der Waals surface area contributed by atoms with Gasteiger partial charge < -0.3 is 14.2 Å². The highest BCUT2D eigenvalue weighted by atomic mass is 32.2. The maximum atomic E-state index is 5.51. The topological polar surface area (TPSA) is 82.1 Å². The number of aryl methyl sites for hydroxylation is 1. The minimum atomic E-state index is 0.544. The summed E-state index contributed by atoms with van der Waals surface area (Å²) in [6.07, 6.45) is 0. The molecule has 1 fully saturated rings. The highest BCUT2D eigenvalue weighted by Crippen LogP contribution is 2.31. The number of anilines is 1. The lowest BCUT2D eigenvalue weighted by molar-refractivity contribution is 0.122. The third-order valence-electron chi connectivity index (χ3n) is 4.80. The fourth-order valence-electron chi connectivity index (χ4n) is 3.29. The number of hydrogen-bond acceptors (Lipinski definition) is 9. The summed E-state index contributed by atoms with van der Waals surface area (Å²) in [6, 6.07) is 12.2. The molecular formula is C20H20N6O2S2. The minimum Gasteiger partial charge on any atom is -0.378 e. The Morgan fingerprint density at radius 2 is 1.97 bits per heavy atom. The Bertz CT molecular complexity index is 1120. The highest BCUT2D eigenvalue weighted by molar-refractivity contribution is 7.98. The molecule has 1 aliphatic rings. The molecule has 0 radical (unpaired) electrons. The number of aromatic nitrogens is 5. The number of ether oxygens (including phenoxy) is 1. The van der Waals surface area contributed by atoms with Crippen molar-refractivity contribution in [1.29, 1.82) is 0 Å². The summed E-state index contributed by atoms with van der Waals surface area (Å²) in [7, 11) is 0. The number of nitrogens with zero attached hydrogens (tertiary/aromatic N) is 6. The molecule has 10 heteroatoms. The van der Waals surface area contributed by atoms with Crippen molar-refractivity contribution >= 4 is 29.0 Å². The molecule has 0 aliphatic carbocycles. The van der Waals surface area contributed by atoms with Crippen molar-refractivity contribution in [2.75, 3.05) is 31.2 Å². The maximum Gasteiger partial charge on any atom is 0.268 e. The molecule has 30 heavy (non-hydrogen) atoms. The minimum absolute atomic E-state index is 0.544. The van der Waals surface area contributed by atoms with Crippen molar-refractivity contribution in [2.45, 2.75) is 17.8 Å². The van der Waals surface area contributed by atoms with Crippen LogP contribution in [-0.2, 0) is 10.5 Å². The Morgan fingerprint density at radius 3 is 2.77 bits per heavy atom. The lowest BCUT2D eigenvalue weighted by Gasteiger charge is -2.28. The van der Waals surface area contributed by atoms with E-state index < -0.39 is 0 Å². The molecule has 0 atom stereocenters. The van der Waals surface area contributed by atoms with Crippen LogP contribution in [0.5, 0.6) is 0 Å². The normalized spacial score (nSPS) is 14.4. The first-order chi connectivity index (χ1) is 14.8. The van der Waals surface area contributed by atoms with Crippen molar-refractivity contribution in [1.82, 2.24) is 24.9 Å². The van der Waals surface area contributed by atoms with E-state index in [1.54, 1.807) is 23.1 Å². The highest BCUT2D eigenvalue weighted by Gasteiger charge is 2.23. The van der Waals surface area contributed by atoms with E-state index in [9.17, 15) is 0 Å². The van der Waals surface area contributed by atoms with Gasteiger partial charge in [0.1, 0.15) is 0 Å². The molecule has 1 saturated heterocycles. The number of benzene rings is 1. The fraction of sp³-hybridized carbons (Fsp3) is 0.300. The molecule has 0 unspecified atom stereocenters. The zero-order valence-corrected chi connectivity index (χ0v) is 18.0. The molecule has 0 amide bonds. The third-order valence-corrected chi connectivity index (χ3v) is 6.58. The van der Waals surface area contributed by atoms with E-state index in [4.69, 9.17) is 9.26 Å². The van der Waals surface area contributed by atoms with Gasteiger partial charge in [0.05, 0.1) is 29.5 Å². The predicted octanol–water partition coefficient (Wildman–Crippen LogP) is 3.82. The molecule has 4 heterocycles. The molecule has 1 aliphatic heterocycles. The first kappa shape index (κ1) is 19.3. The molecular weight excluding hydrogens is 420 g/mol. The van der Waals surface area contributed by atoms with Crippen LogP contribution >= 0.6 is 23.1 Å². The van der Waals surface area contributed by atoms with E-state index in [2.05, 4.69) is 48.9 Å². The number of thiophene rings is 1. The van der Waals surface area contributed by atoms with Crippen LogP contribution < -0.4 is 4.90 Å². The number of morpholine rings is 1. The largest absolute Gasteiger partial charge is 0.378 e. The Labute approximate surface area is 181 Å². The van der Waals surface area contributed by atoms with Crippen LogP contribution in [0.25, 0.3) is 16.5 Å². The Morgan fingerprint density at radius 1 is 1.10 bits per heavy atom. The second-order valence-electron chi connectivity index (χ2n) is 6.79. The summed E-state index contributed by atoms with van der Waals surface area (Å²) >= 11 is 3.13. The number of thioether (sulfide) groups is 1. The number of rotatable bonds is 6. The van der Waals surface area contributed by atoms with E-state index in [1.807, 2.05) is 29.6 Å². The first-order valence-corrected chi connectivity index (χ1v) is 11.5. The first-order valence-electron chi connectivity index (χ1n) is 9.63. The molecule has 4 aromatic rings. The second kappa shape index (κ2) is 8.58. The zero-order valence-electron chi connectivity index (χ0n) is 16.4. The van der Waals surface area contributed by atoms with Gasteiger partial charge in [0, 0.05) is 13.1 Å². The molecule has 0 spiro atoms. The monoisotopic (exact) mass is 440 g/mol. The van der Waals surface area contributed by atoms with Crippen molar-refractivity contribution < 1.29 is 9.26 Å². The third kappa shape index (κ3) is 3.85. The Kier molecular flexibility index (Phi) is 5.52. The van der Waals surface area contributed by atoms with E-state index in [1.165, 1.54) is 0 Å². The van der Waals surface area contributed by atoms with Gasteiger partial charge in [-0.25, -0.2) is 0 Å². The van der Waals surface area contributed by atoms with Gasteiger partial charge in [-0.05, 0) is 30.0 Å². The van der Waals surface area contributed by atoms with Crippen LogP contribution in [-0.4, -0.2) is 51.2 Å². The van der Waals surface area contributed by atoms with Gasteiger partial charge >= 0.3 is 0 Å². The average Bonchev–Trinajstić information content (AvgIpc) is 3.53. The molecule has 0 bridgehead atoms. The van der Waals surface area contributed by atoms with Crippen LogP contribution in [0, 0.1) is 6.92 Å². The standard InChI is InChI=1S/C20H20N6O2S2/c1-14-5-2-3-6-15(14)26-19(25-8-10-27-11-9-25)22-23-20(26)30-13-17-21-18(28-24-17)16-7-4-12-29-16/h2-7,12H,8-11,13H2,1H3. The summed E-state index contributed by atoms with van der Waals surface area (Å²) in [5, 5.41) is 15.9. The Hall–Kier alpha value is -2.69. The van der Waals surface area contributed by atoms with E-state index >= 15 is 0 Å². The van der Waals surface area contributed by atoms with Gasteiger partial charge in [-0.1, -0.05) is 41.2 Å². The van der Waals surface area contributed by atoms with Crippen LogP contribution in [0.1, 0.15) is 11.4 Å². The summed E-state index contributed by atoms with van der Waals surface area (Å²) in [5.41, 5.74) is 2.23. The molecule has 3 aromatic heterocycles. The summed E-state index contributed by atoms with van der Waals surface area (Å²) in [6.45, 7) is 5.07. The van der Waals surface area contributed by atoms with Crippen LogP contribution in [0.4, 0.5) is 5.95 Å². The van der Waals surface area contributed by atoms with Gasteiger partial charge in [-0.3, -0.25) is 4.57 Å². The van der Waals surface area contributed by atoms with Gasteiger partial charge in [-0.15, -0.1) is 21.5 Å². The smallest absolute Gasteiger partial charge is 0.268 e. The van der Waals surface area contributed by atoms with Gasteiger partial charge in [0.2, 0.25) is 5.95 Å². The van der Waals surface area contributed by atoms with Gasteiger partial charge in [0.25, 0.3) is 5.89 Å². The molecule has 0 N–H and O–H groups in total. The second-order valence-corrected chi connectivity index (χ2v) is 8.68. The van der Waals surface area contributed by atoms with E-state index in [-0.39, 0.29) is 0 Å². The summed E-state index contributed by atoms with van der Waals surface area (Å²) < 4.78 is 13.0. The van der Waals surface area contributed by atoms with Crippen molar-refractivity contribution in [2.24, 2.45) is 0 Å². The van der Waals surface area contributed by atoms with Crippen LogP contribution in [0.15, 0.2) is 51.5 Å². The summed E-state index contributed by atoms with van der Waals surface area (Å²) in [4.78, 5) is 7.70. The summed E-state index contributed by atoms with van der Waals surface area (Å²) in [5.74, 6) is 2.57. The van der Waals surface area contributed by atoms with Gasteiger partial charge in [0.15, 0.2) is 11.0 Å². The van der Waals surface area contributed by atoms with E-state index in [0.29, 0.717) is 30.7 Å². The molecule has 154 valence electrons.